The minimum absolute atomic E-state index is 0.0158. The highest BCUT2D eigenvalue weighted by Crippen LogP contribution is 2.38. The number of carbonyl (C=O) groups excluding carboxylic acids is 1. The van der Waals surface area contributed by atoms with Crippen LogP contribution in [0.4, 0.5) is 15.9 Å². The van der Waals surface area contributed by atoms with Crippen LogP contribution in [0.3, 0.4) is 0 Å². The number of hydrogen-bond donors (Lipinski definition) is 1. The lowest BCUT2D eigenvalue weighted by Crippen LogP contribution is -2.37. The summed E-state index contributed by atoms with van der Waals surface area (Å²) in [5.41, 5.74) is 7.01. The third-order valence-corrected chi connectivity index (χ3v) is 7.22. The molecule has 3 heterocycles. The molecule has 2 aliphatic heterocycles. The van der Waals surface area contributed by atoms with Crippen molar-refractivity contribution in [2.45, 2.75) is 32.7 Å². The molecule has 1 saturated heterocycles. The minimum Gasteiger partial charge on any atom is -0.493 e. The number of benzene rings is 2. The molecule has 8 heteroatoms. The highest BCUT2D eigenvalue weighted by Gasteiger charge is 2.27. The molecule has 0 bridgehead atoms. The molecule has 1 N–H and O–H groups in total. The second-order valence-corrected chi connectivity index (χ2v) is 9.56. The monoisotopic (exact) mass is 505 g/mol. The zero-order valence-electron chi connectivity index (χ0n) is 21.5. The quantitative estimate of drug-likeness (QED) is 0.454. The van der Waals surface area contributed by atoms with E-state index < -0.39 is 0 Å². The second kappa shape index (κ2) is 10.8. The SMILES string of the molecule is COC(=O)C[C@@H]1COc2cc(NCc3ccc(C)c(-c4cnc(N5CCOCC5)c(F)c4)c3C)ccc21. The van der Waals surface area contributed by atoms with E-state index in [0.29, 0.717) is 51.7 Å². The summed E-state index contributed by atoms with van der Waals surface area (Å²) >= 11 is 0. The fraction of sp³-hybridized carbons (Fsp3) is 0.379. The Morgan fingerprint density at radius 1 is 1.19 bits per heavy atom. The van der Waals surface area contributed by atoms with Crippen LogP contribution in [0, 0.1) is 19.7 Å². The lowest BCUT2D eigenvalue weighted by atomic mass is 9.93. The van der Waals surface area contributed by atoms with Gasteiger partial charge in [0.05, 0.1) is 33.4 Å². The number of pyridine rings is 1. The maximum absolute atomic E-state index is 15.1. The third-order valence-electron chi connectivity index (χ3n) is 7.22. The Balaban J connectivity index is 1.32. The summed E-state index contributed by atoms with van der Waals surface area (Å²) < 4.78 is 31.1. The molecule has 1 atom stereocenters. The maximum Gasteiger partial charge on any atom is 0.306 e. The number of carbonyl (C=O) groups is 1. The van der Waals surface area contributed by atoms with Gasteiger partial charge in [-0.15, -0.1) is 0 Å². The van der Waals surface area contributed by atoms with Gasteiger partial charge in [0.25, 0.3) is 0 Å². The van der Waals surface area contributed by atoms with Crippen molar-refractivity contribution >= 4 is 17.5 Å². The molecule has 0 radical (unpaired) electrons. The lowest BCUT2D eigenvalue weighted by molar-refractivity contribution is -0.141. The molecule has 0 spiro atoms. The van der Waals surface area contributed by atoms with Gasteiger partial charge in [0.2, 0.25) is 0 Å². The number of morpholine rings is 1. The lowest BCUT2D eigenvalue weighted by Gasteiger charge is -2.28. The predicted octanol–water partition coefficient (Wildman–Crippen LogP) is 4.99. The molecular formula is C29H32FN3O4. The van der Waals surface area contributed by atoms with Crippen LogP contribution >= 0.6 is 0 Å². The van der Waals surface area contributed by atoms with Crippen molar-refractivity contribution in [1.82, 2.24) is 4.98 Å². The average molecular weight is 506 g/mol. The molecule has 1 aromatic heterocycles. The van der Waals surface area contributed by atoms with Crippen LogP contribution in [-0.4, -0.2) is 51.0 Å². The molecule has 1 fully saturated rings. The highest BCUT2D eigenvalue weighted by atomic mass is 19.1. The Morgan fingerprint density at radius 3 is 2.76 bits per heavy atom. The summed E-state index contributed by atoms with van der Waals surface area (Å²) in [5.74, 6) is 0.641. The number of ether oxygens (including phenoxy) is 3. The number of nitrogens with zero attached hydrogens (tertiary/aromatic N) is 2. The van der Waals surface area contributed by atoms with Crippen LogP contribution in [0.15, 0.2) is 42.6 Å². The van der Waals surface area contributed by atoms with Crippen LogP contribution in [-0.2, 0) is 20.8 Å². The number of hydrogen-bond acceptors (Lipinski definition) is 7. The average Bonchev–Trinajstić information content (AvgIpc) is 3.30. The normalized spacial score (nSPS) is 16.8. The van der Waals surface area contributed by atoms with E-state index in [1.54, 1.807) is 12.3 Å². The fourth-order valence-corrected chi connectivity index (χ4v) is 5.14. The van der Waals surface area contributed by atoms with Gasteiger partial charge in [-0.3, -0.25) is 4.79 Å². The van der Waals surface area contributed by atoms with Crippen molar-refractivity contribution in [2.24, 2.45) is 0 Å². The maximum atomic E-state index is 15.1. The highest BCUT2D eigenvalue weighted by molar-refractivity contribution is 5.73. The molecule has 2 aliphatic rings. The van der Waals surface area contributed by atoms with E-state index in [1.165, 1.54) is 7.11 Å². The molecule has 7 nitrogen and oxygen atoms in total. The van der Waals surface area contributed by atoms with Gasteiger partial charge in [-0.2, -0.15) is 0 Å². The minimum atomic E-state index is -0.314. The van der Waals surface area contributed by atoms with Gasteiger partial charge < -0.3 is 24.4 Å². The zero-order chi connectivity index (χ0) is 25.9. The largest absolute Gasteiger partial charge is 0.493 e. The van der Waals surface area contributed by atoms with Crippen molar-refractivity contribution in [3.05, 3.63) is 70.7 Å². The van der Waals surface area contributed by atoms with Crippen molar-refractivity contribution in [1.29, 1.82) is 0 Å². The molecular weight excluding hydrogens is 473 g/mol. The van der Waals surface area contributed by atoms with Crippen molar-refractivity contribution in [3.8, 4) is 16.9 Å². The summed E-state index contributed by atoms with van der Waals surface area (Å²) in [7, 11) is 1.40. The Kier molecular flexibility index (Phi) is 7.28. The molecule has 37 heavy (non-hydrogen) atoms. The van der Waals surface area contributed by atoms with Crippen LogP contribution < -0.4 is 15.0 Å². The first-order chi connectivity index (χ1) is 17.9. The third kappa shape index (κ3) is 5.25. The van der Waals surface area contributed by atoms with E-state index in [4.69, 9.17) is 14.2 Å². The number of methoxy groups -OCH3 is 1. The molecule has 3 aromatic rings. The van der Waals surface area contributed by atoms with E-state index in [1.807, 2.05) is 30.0 Å². The first-order valence-corrected chi connectivity index (χ1v) is 12.6. The second-order valence-electron chi connectivity index (χ2n) is 9.56. The molecule has 194 valence electrons. The molecule has 5 rings (SSSR count). The Hall–Kier alpha value is -3.65. The van der Waals surface area contributed by atoms with E-state index in [2.05, 4.69) is 29.4 Å². The summed E-state index contributed by atoms with van der Waals surface area (Å²) in [4.78, 5) is 18.1. The van der Waals surface area contributed by atoms with E-state index in [-0.39, 0.29) is 17.7 Å². The molecule has 2 aromatic carbocycles. The summed E-state index contributed by atoms with van der Waals surface area (Å²) in [6.45, 7) is 7.63. The first kappa shape index (κ1) is 25.0. The van der Waals surface area contributed by atoms with Gasteiger partial charge in [-0.1, -0.05) is 18.2 Å². The topological polar surface area (TPSA) is 72.9 Å². The van der Waals surface area contributed by atoms with Crippen molar-refractivity contribution < 1.29 is 23.4 Å². The van der Waals surface area contributed by atoms with Gasteiger partial charge in [-0.05, 0) is 48.2 Å². The van der Waals surface area contributed by atoms with Gasteiger partial charge in [0.1, 0.15) is 5.75 Å². The van der Waals surface area contributed by atoms with Crippen LogP contribution in [0.2, 0.25) is 0 Å². The van der Waals surface area contributed by atoms with Gasteiger partial charge >= 0.3 is 5.97 Å². The molecule has 0 unspecified atom stereocenters. The molecule has 0 aliphatic carbocycles. The number of anilines is 2. The first-order valence-electron chi connectivity index (χ1n) is 12.6. The van der Waals surface area contributed by atoms with Gasteiger partial charge in [0.15, 0.2) is 11.6 Å². The van der Waals surface area contributed by atoms with Crippen LogP contribution in [0.5, 0.6) is 5.75 Å². The smallest absolute Gasteiger partial charge is 0.306 e. The standard InChI is InChI=1S/C29H32FN3O4/c1-18-4-5-20(15-31-23-6-7-24-22(13-27(34)35-3)17-37-26(24)14-23)19(2)28(18)21-12-25(30)29(32-16-21)33-8-10-36-11-9-33/h4-7,12,14,16,22,31H,8-11,13,15,17H2,1-3H3/t22-/m1/s1. The van der Waals surface area contributed by atoms with Gasteiger partial charge in [-0.25, -0.2) is 9.37 Å². The van der Waals surface area contributed by atoms with E-state index in [9.17, 15) is 4.79 Å². The zero-order valence-corrected chi connectivity index (χ0v) is 21.5. The van der Waals surface area contributed by atoms with Crippen LogP contribution in [0.1, 0.15) is 34.6 Å². The number of halogens is 1. The summed E-state index contributed by atoms with van der Waals surface area (Å²) in [5, 5.41) is 3.48. The Bertz CT molecular complexity index is 1310. The summed E-state index contributed by atoms with van der Waals surface area (Å²) in [6.07, 6.45) is 2.08. The number of aryl methyl sites for hydroxylation is 1. The van der Waals surface area contributed by atoms with Crippen molar-refractivity contribution in [3.63, 3.8) is 0 Å². The number of fused-ring (bicyclic) bond motifs is 1. The number of aromatic nitrogens is 1. The number of rotatable bonds is 7. The predicted molar refractivity (Wildman–Crippen MR) is 141 cm³/mol. The van der Waals surface area contributed by atoms with E-state index >= 15 is 4.39 Å². The van der Waals surface area contributed by atoms with Gasteiger partial charge in [0, 0.05) is 54.6 Å². The molecule has 0 saturated carbocycles. The Morgan fingerprint density at radius 2 is 2.00 bits per heavy atom. The van der Waals surface area contributed by atoms with Crippen LogP contribution in [0.25, 0.3) is 11.1 Å². The van der Waals surface area contributed by atoms with Crippen molar-refractivity contribution in [2.75, 3.05) is 50.2 Å². The molecule has 0 amide bonds. The Labute approximate surface area is 216 Å². The summed E-state index contributed by atoms with van der Waals surface area (Å²) in [6, 6.07) is 11.7. The number of nitrogens with one attached hydrogen (secondary N) is 1. The van der Waals surface area contributed by atoms with E-state index in [0.717, 1.165) is 44.8 Å². The number of esters is 1. The fourth-order valence-electron chi connectivity index (χ4n) is 5.14.